The van der Waals surface area contributed by atoms with Crippen LogP contribution in [0.5, 0.6) is 0 Å². The number of rotatable bonds is 9. The number of carbonyl (C=O) groups is 1. The minimum absolute atomic E-state index is 0. The summed E-state index contributed by atoms with van der Waals surface area (Å²) in [5.41, 5.74) is 0. The Morgan fingerprint density at radius 1 is 1.25 bits per heavy atom. The van der Waals surface area contributed by atoms with Gasteiger partial charge in [0.15, 0.2) is 5.96 Å². The van der Waals surface area contributed by atoms with E-state index in [9.17, 15) is 4.79 Å². The second-order valence-electron chi connectivity index (χ2n) is 5.79. The van der Waals surface area contributed by atoms with E-state index in [0.29, 0.717) is 25.2 Å². The highest BCUT2D eigenvalue weighted by atomic mass is 127. The molecular formula is C16H34IN5O2. The molecule has 1 aliphatic rings. The van der Waals surface area contributed by atoms with Crippen molar-refractivity contribution in [3.8, 4) is 0 Å². The maximum absolute atomic E-state index is 11.6. The first-order valence-electron chi connectivity index (χ1n) is 8.65. The lowest BCUT2D eigenvalue weighted by atomic mass is 10.0. The fourth-order valence-electron chi connectivity index (χ4n) is 2.87. The number of piperidine rings is 1. The SMILES string of the molecule is CCC1CCCCN1CCNC(=NC)NCC(=O)NCCOC.I. The number of likely N-dealkylation sites (tertiary alicyclic amines) is 1. The Kier molecular flexibility index (Phi) is 14.3. The van der Waals surface area contributed by atoms with Gasteiger partial charge in [-0.3, -0.25) is 14.7 Å². The molecule has 0 aliphatic carbocycles. The molecule has 0 aromatic heterocycles. The molecule has 1 heterocycles. The average Bonchev–Trinajstić information content (AvgIpc) is 2.58. The van der Waals surface area contributed by atoms with Gasteiger partial charge < -0.3 is 20.7 Å². The highest BCUT2D eigenvalue weighted by molar-refractivity contribution is 14.0. The minimum atomic E-state index is -0.0629. The molecule has 142 valence electrons. The first kappa shape index (κ1) is 23.4. The predicted molar refractivity (Wildman–Crippen MR) is 109 cm³/mol. The summed E-state index contributed by atoms with van der Waals surface area (Å²) in [6.45, 7) is 6.56. The highest BCUT2D eigenvalue weighted by Crippen LogP contribution is 2.18. The van der Waals surface area contributed by atoms with Crippen LogP contribution < -0.4 is 16.0 Å². The molecule has 0 bridgehead atoms. The Balaban J connectivity index is 0.00000529. The number of halogens is 1. The van der Waals surface area contributed by atoms with Crippen LogP contribution in [0.15, 0.2) is 4.99 Å². The average molecular weight is 455 g/mol. The topological polar surface area (TPSA) is 78.0 Å². The van der Waals surface area contributed by atoms with Gasteiger partial charge in [0.05, 0.1) is 13.2 Å². The maximum Gasteiger partial charge on any atom is 0.239 e. The molecule has 1 aliphatic heterocycles. The molecule has 1 fully saturated rings. The molecule has 0 aromatic rings. The zero-order valence-electron chi connectivity index (χ0n) is 15.3. The Morgan fingerprint density at radius 3 is 2.71 bits per heavy atom. The summed E-state index contributed by atoms with van der Waals surface area (Å²) in [6, 6.07) is 0.715. The van der Waals surface area contributed by atoms with Crippen molar-refractivity contribution in [3.05, 3.63) is 0 Å². The van der Waals surface area contributed by atoms with Gasteiger partial charge in [0.1, 0.15) is 0 Å². The molecule has 1 unspecified atom stereocenters. The molecule has 7 nitrogen and oxygen atoms in total. The number of amides is 1. The van der Waals surface area contributed by atoms with Crippen LogP contribution in [0.4, 0.5) is 0 Å². The van der Waals surface area contributed by atoms with E-state index in [4.69, 9.17) is 4.74 Å². The van der Waals surface area contributed by atoms with Gasteiger partial charge in [-0.25, -0.2) is 0 Å². The lowest BCUT2D eigenvalue weighted by molar-refractivity contribution is -0.120. The first-order chi connectivity index (χ1) is 11.2. The third-order valence-electron chi connectivity index (χ3n) is 4.18. The predicted octanol–water partition coefficient (Wildman–Crippen LogP) is 0.797. The Morgan fingerprint density at radius 2 is 2.04 bits per heavy atom. The number of carbonyl (C=O) groups excluding carboxylic acids is 1. The van der Waals surface area contributed by atoms with Crippen LogP contribution in [0.1, 0.15) is 32.6 Å². The number of ether oxygens (including phenoxy) is 1. The molecule has 1 saturated heterocycles. The Hall–Kier alpha value is -0.610. The van der Waals surface area contributed by atoms with Gasteiger partial charge >= 0.3 is 0 Å². The van der Waals surface area contributed by atoms with Crippen LogP contribution in [-0.4, -0.2) is 76.3 Å². The van der Waals surface area contributed by atoms with E-state index < -0.39 is 0 Å². The maximum atomic E-state index is 11.6. The molecule has 8 heteroatoms. The van der Waals surface area contributed by atoms with Crippen molar-refractivity contribution in [3.63, 3.8) is 0 Å². The normalized spacial score (nSPS) is 18.6. The van der Waals surface area contributed by atoms with Crippen LogP contribution >= 0.6 is 24.0 Å². The molecule has 0 saturated carbocycles. The zero-order chi connectivity index (χ0) is 16.9. The van der Waals surface area contributed by atoms with Crippen molar-refractivity contribution >= 4 is 35.8 Å². The fourth-order valence-corrected chi connectivity index (χ4v) is 2.87. The summed E-state index contributed by atoms with van der Waals surface area (Å²) < 4.78 is 4.89. The van der Waals surface area contributed by atoms with Crippen molar-refractivity contribution in [2.24, 2.45) is 4.99 Å². The number of aliphatic imine (C=N–C) groups is 1. The molecule has 0 radical (unpaired) electrons. The van der Waals surface area contributed by atoms with Crippen molar-refractivity contribution in [1.29, 1.82) is 0 Å². The number of hydrogen-bond acceptors (Lipinski definition) is 4. The van der Waals surface area contributed by atoms with Crippen LogP contribution in [-0.2, 0) is 9.53 Å². The van der Waals surface area contributed by atoms with E-state index in [1.54, 1.807) is 14.2 Å². The molecule has 0 spiro atoms. The molecule has 24 heavy (non-hydrogen) atoms. The van der Waals surface area contributed by atoms with Gasteiger partial charge in [0, 0.05) is 39.8 Å². The van der Waals surface area contributed by atoms with Crippen LogP contribution in [0.25, 0.3) is 0 Å². The number of guanidine groups is 1. The smallest absolute Gasteiger partial charge is 0.239 e. The molecule has 1 amide bonds. The zero-order valence-corrected chi connectivity index (χ0v) is 17.6. The summed E-state index contributed by atoms with van der Waals surface area (Å²) in [5.74, 6) is 0.601. The van der Waals surface area contributed by atoms with Crippen LogP contribution in [0.2, 0.25) is 0 Å². The monoisotopic (exact) mass is 455 g/mol. The van der Waals surface area contributed by atoms with Gasteiger partial charge in [0.25, 0.3) is 0 Å². The van der Waals surface area contributed by atoms with Crippen LogP contribution in [0, 0.1) is 0 Å². The highest BCUT2D eigenvalue weighted by Gasteiger charge is 2.19. The molecule has 1 atom stereocenters. The number of hydrogen-bond donors (Lipinski definition) is 3. The summed E-state index contributed by atoms with van der Waals surface area (Å²) in [5, 5.41) is 9.07. The summed E-state index contributed by atoms with van der Waals surface area (Å²) >= 11 is 0. The molecule has 1 rings (SSSR count). The Bertz CT molecular complexity index is 368. The second kappa shape index (κ2) is 14.7. The summed E-state index contributed by atoms with van der Waals surface area (Å²) in [7, 11) is 3.33. The lowest BCUT2D eigenvalue weighted by Gasteiger charge is -2.35. The Labute approximate surface area is 163 Å². The van der Waals surface area contributed by atoms with E-state index in [0.717, 1.165) is 13.1 Å². The molecular weight excluding hydrogens is 421 g/mol. The van der Waals surface area contributed by atoms with Gasteiger partial charge in [-0.1, -0.05) is 13.3 Å². The summed E-state index contributed by atoms with van der Waals surface area (Å²) in [6.07, 6.45) is 5.18. The van der Waals surface area contributed by atoms with E-state index in [1.165, 1.54) is 32.2 Å². The van der Waals surface area contributed by atoms with E-state index >= 15 is 0 Å². The standard InChI is InChI=1S/C16H33N5O2.HI/c1-4-14-7-5-6-10-21(14)11-8-19-16(17-2)20-13-15(22)18-9-12-23-3;/h14H,4-13H2,1-3H3,(H,18,22)(H2,17,19,20);1H. The molecule has 0 aromatic carbocycles. The van der Waals surface area contributed by atoms with E-state index in [2.05, 4.69) is 32.8 Å². The molecule has 3 N–H and O–H groups in total. The van der Waals surface area contributed by atoms with Crippen molar-refractivity contribution in [1.82, 2.24) is 20.9 Å². The van der Waals surface area contributed by atoms with E-state index in [1.807, 2.05) is 0 Å². The first-order valence-corrected chi connectivity index (χ1v) is 8.65. The third kappa shape index (κ3) is 9.63. The summed E-state index contributed by atoms with van der Waals surface area (Å²) in [4.78, 5) is 18.3. The minimum Gasteiger partial charge on any atom is -0.383 e. The van der Waals surface area contributed by atoms with Gasteiger partial charge in [-0.15, -0.1) is 24.0 Å². The third-order valence-corrected chi connectivity index (χ3v) is 4.18. The van der Waals surface area contributed by atoms with Crippen molar-refractivity contribution in [2.75, 3.05) is 53.5 Å². The number of nitrogens with one attached hydrogen (secondary N) is 3. The van der Waals surface area contributed by atoms with Crippen LogP contribution in [0.3, 0.4) is 0 Å². The van der Waals surface area contributed by atoms with Crippen molar-refractivity contribution < 1.29 is 9.53 Å². The number of nitrogens with zero attached hydrogens (tertiary/aromatic N) is 2. The van der Waals surface area contributed by atoms with Crippen molar-refractivity contribution in [2.45, 2.75) is 38.6 Å². The lowest BCUT2D eigenvalue weighted by Crippen LogP contribution is -2.47. The quantitative estimate of drug-likeness (QED) is 0.208. The fraction of sp³-hybridized carbons (Fsp3) is 0.875. The second-order valence-corrected chi connectivity index (χ2v) is 5.79. The van der Waals surface area contributed by atoms with Gasteiger partial charge in [-0.2, -0.15) is 0 Å². The van der Waals surface area contributed by atoms with Gasteiger partial charge in [0.2, 0.25) is 5.91 Å². The van der Waals surface area contributed by atoms with E-state index in [-0.39, 0.29) is 36.4 Å². The van der Waals surface area contributed by atoms with Gasteiger partial charge in [-0.05, 0) is 25.8 Å². The largest absolute Gasteiger partial charge is 0.383 e. The number of methoxy groups -OCH3 is 1.